The lowest BCUT2D eigenvalue weighted by Gasteiger charge is -2.09. The quantitative estimate of drug-likeness (QED) is 0.588. The molecule has 1 aromatic rings. The predicted molar refractivity (Wildman–Crippen MR) is 61.2 cm³/mol. The second-order valence-corrected chi connectivity index (χ2v) is 3.93. The monoisotopic (exact) mass is 229 g/mol. The second kappa shape index (κ2) is 5.09. The van der Waals surface area contributed by atoms with Crippen LogP contribution in [0.5, 0.6) is 0 Å². The van der Waals surface area contributed by atoms with Gasteiger partial charge in [0.05, 0.1) is 29.0 Å². The molecule has 17 heavy (non-hydrogen) atoms. The van der Waals surface area contributed by atoms with Crippen LogP contribution in [0.15, 0.2) is 12.1 Å². The summed E-state index contributed by atoms with van der Waals surface area (Å²) >= 11 is 0. The number of hydrogen-bond acceptors (Lipinski definition) is 4. The Morgan fingerprint density at radius 3 is 2.47 bits per heavy atom. The molecule has 0 aliphatic carbocycles. The first-order valence-corrected chi connectivity index (χ1v) is 5.09. The average Bonchev–Trinajstić information content (AvgIpc) is 2.27. The lowest BCUT2D eigenvalue weighted by Crippen LogP contribution is -2.03. The summed E-state index contributed by atoms with van der Waals surface area (Å²) in [7, 11) is 0. The third kappa shape index (κ3) is 2.59. The van der Waals surface area contributed by atoms with Crippen molar-refractivity contribution in [1.29, 1.82) is 10.5 Å². The fourth-order valence-electron chi connectivity index (χ4n) is 1.67. The number of nitrogens with zero attached hydrogens (tertiary/aromatic N) is 3. The number of nitro benzene ring substituents is 1. The van der Waals surface area contributed by atoms with Crippen LogP contribution in [0.4, 0.5) is 5.69 Å². The molecule has 0 unspecified atom stereocenters. The third-order valence-corrected chi connectivity index (χ3v) is 2.42. The van der Waals surface area contributed by atoms with Crippen molar-refractivity contribution in [3.05, 3.63) is 38.9 Å². The molecule has 0 fully saturated rings. The maximum Gasteiger partial charge on any atom is 0.277 e. The van der Waals surface area contributed by atoms with E-state index in [1.54, 1.807) is 0 Å². The van der Waals surface area contributed by atoms with Crippen LogP contribution in [0.1, 0.15) is 36.5 Å². The van der Waals surface area contributed by atoms with Gasteiger partial charge >= 0.3 is 0 Å². The summed E-state index contributed by atoms with van der Waals surface area (Å²) < 4.78 is 0. The van der Waals surface area contributed by atoms with E-state index in [0.29, 0.717) is 16.7 Å². The second-order valence-electron chi connectivity index (χ2n) is 3.93. The fraction of sp³-hybridized carbons (Fsp3) is 0.333. The zero-order valence-corrected chi connectivity index (χ0v) is 9.60. The van der Waals surface area contributed by atoms with Crippen LogP contribution in [0.3, 0.4) is 0 Å². The van der Waals surface area contributed by atoms with E-state index in [2.05, 4.69) is 0 Å². The molecule has 1 rings (SSSR count). The van der Waals surface area contributed by atoms with Crippen molar-refractivity contribution in [2.24, 2.45) is 0 Å². The number of hydrogen-bond donors (Lipinski definition) is 0. The molecule has 0 N–H and O–H groups in total. The van der Waals surface area contributed by atoms with Gasteiger partial charge in [-0.1, -0.05) is 13.8 Å². The van der Waals surface area contributed by atoms with E-state index in [4.69, 9.17) is 10.5 Å². The van der Waals surface area contributed by atoms with Gasteiger partial charge in [-0.15, -0.1) is 0 Å². The Morgan fingerprint density at radius 2 is 2.06 bits per heavy atom. The molecule has 5 heteroatoms. The summed E-state index contributed by atoms with van der Waals surface area (Å²) in [5.74, 6) is -0.0684. The molecule has 0 bridgehead atoms. The summed E-state index contributed by atoms with van der Waals surface area (Å²) in [6, 6.07) is 6.77. The Balaban J connectivity index is 3.57. The molecule has 0 amide bonds. The van der Waals surface area contributed by atoms with Gasteiger partial charge in [-0.05, 0) is 18.1 Å². The zero-order chi connectivity index (χ0) is 13.0. The summed E-state index contributed by atoms with van der Waals surface area (Å²) in [6.45, 7) is 3.64. The van der Waals surface area contributed by atoms with Gasteiger partial charge in [0.15, 0.2) is 0 Å². The fourth-order valence-corrected chi connectivity index (χ4v) is 1.67. The van der Waals surface area contributed by atoms with Crippen molar-refractivity contribution in [3.8, 4) is 12.1 Å². The molecule has 1 aromatic carbocycles. The molecule has 0 radical (unpaired) electrons. The van der Waals surface area contributed by atoms with Crippen LogP contribution in [-0.2, 0) is 6.42 Å². The standard InChI is InChI=1S/C12H11N3O2/c1-8(2)11-6-9(7-14)5-10(3-4-13)12(11)15(16)17/h5-6,8H,3H2,1-2H3. The predicted octanol–water partition coefficient (Wildman–Crippen LogP) is 2.66. The molecular weight excluding hydrogens is 218 g/mol. The van der Waals surface area contributed by atoms with Crippen molar-refractivity contribution in [2.45, 2.75) is 26.2 Å². The van der Waals surface area contributed by atoms with Gasteiger partial charge in [-0.25, -0.2) is 0 Å². The Morgan fingerprint density at radius 1 is 1.41 bits per heavy atom. The van der Waals surface area contributed by atoms with E-state index >= 15 is 0 Å². The molecule has 86 valence electrons. The summed E-state index contributed by atoms with van der Waals surface area (Å²) in [5, 5.41) is 28.6. The first kappa shape index (κ1) is 12.7. The molecule has 0 saturated carbocycles. The highest BCUT2D eigenvalue weighted by Gasteiger charge is 2.22. The van der Waals surface area contributed by atoms with Gasteiger partial charge < -0.3 is 0 Å². The topological polar surface area (TPSA) is 90.7 Å². The lowest BCUT2D eigenvalue weighted by molar-refractivity contribution is -0.386. The minimum absolute atomic E-state index is 0.0412. The van der Waals surface area contributed by atoms with E-state index in [1.165, 1.54) is 12.1 Å². The highest BCUT2D eigenvalue weighted by atomic mass is 16.6. The van der Waals surface area contributed by atoms with Crippen molar-refractivity contribution >= 4 is 5.69 Å². The molecule has 0 spiro atoms. The van der Waals surface area contributed by atoms with Gasteiger partial charge in [0, 0.05) is 11.1 Å². The van der Waals surface area contributed by atoms with Gasteiger partial charge in [-0.2, -0.15) is 10.5 Å². The maximum absolute atomic E-state index is 11.0. The minimum atomic E-state index is -0.483. The van der Waals surface area contributed by atoms with Gasteiger partial charge in [0.2, 0.25) is 0 Å². The Bertz CT molecular complexity index is 536. The third-order valence-electron chi connectivity index (χ3n) is 2.42. The number of nitriles is 2. The molecule has 0 aliphatic heterocycles. The number of rotatable bonds is 3. The lowest BCUT2D eigenvalue weighted by atomic mass is 9.94. The number of nitro groups is 1. The molecule has 0 atom stereocenters. The summed E-state index contributed by atoms with van der Waals surface area (Å²) in [4.78, 5) is 10.6. The first-order valence-electron chi connectivity index (χ1n) is 5.09. The smallest absolute Gasteiger partial charge is 0.258 e. The SMILES string of the molecule is CC(C)c1cc(C#N)cc(CC#N)c1[N+](=O)[O-]. The van der Waals surface area contributed by atoms with Crippen molar-refractivity contribution in [2.75, 3.05) is 0 Å². The molecule has 5 nitrogen and oxygen atoms in total. The van der Waals surface area contributed by atoms with Crippen LogP contribution >= 0.6 is 0 Å². The van der Waals surface area contributed by atoms with Crippen LogP contribution in [-0.4, -0.2) is 4.92 Å². The van der Waals surface area contributed by atoms with Crippen molar-refractivity contribution < 1.29 is 4.92 Å². The van der Waals surface area contributed by atoms with Gasteiger partial charge in [0.1, 0.15) is 0 Å². The summed E-state index contributed by atoms with van der Waals surface area (Å²) in [6.07, 6.45) is -0.0639. The Hall–Kier alpha value is -2.40. The normalized spacial score (nSPS) is 9.71. The van der Waals surface area contributed by atoms with Crippen LogP contribution in [0, 0.1) is 32.8 Å². The molecule has 0 heterocycles. The van der Waals surface area contributed by atoms with Crippen LogP contribution < -0.4 is 0 Å². The Kier molecular flexibility index (Phi) is 3.79. The summed E-state index contributed by atoms with van der Waals surface area (Å²) in [5.41, 5.74) is 1.12. The van der Waals surface area contributed by atoms with E-state index in [1.807, 2.05) is 26.0 Å². The van der Waals surface area contributed by atoms with E-state index < -0.39 is 4.92 Å². The van der Waals surface area contributed by atoms with Crippen LogP contribution in [0.25, 0.3) is 0 Å². The first-order chi connectivity index (χ1) is 8.01. The van der Waals surface area contributed by atoms with E-state index in [0.717, 1.165) is 0 Å². The van der Waals surface area contributed by atoms with E-state index in [9.17, 15) is 10.1 Å². The average molecular weight is 229 g/mol. The largest absolute Gasteiger partial charge is 0.277 e. The highest BCUT2D eigenvalue weighted by molar-refractivity contribution is 5.55. The molecular formula is C12H11N3O2. The number of benzene rings is 1. The Labute approximate surface area is 99.1 Å². The molecule has 0 saturated heterocycles. The van der Waals surface area contributed by atoms with Gasteiger partial charge in [0.25, 0.3) is 5.69 Å². The molecule has 0 aromatic heterocycles. The van der Waals surface area contributed by atoms with Crippen molar-refractivity contribution in [3.63, 3.8) is 0 Å². The minimum Gasteiger partial charge on any atom is -0.258 e. The molecule has 0 aliphatic rings. The van der Waals surface area contributed by atoms with E-state index in [-0.39, 0.29) is 18.0 Å². The van der Waals surface area contributed by atoms with Crippen LogP contribution in [0.2, 0.25) is 0 Å². The van der Waals surface area contributed by atoms with Crippen molar-refractivity contribution in [1.82, 2.24) is 0 Å². The van der Waals surface area contributed by atoms with Gasteiger partial charge in [-0.3, -0.25) is 10.1 Å². The maximum atomic E-state index is 11.0. The highest BCUT2D eigenvalue weighted by Crippen LogP contribution is 2.31. The zero-order valence-electron chi connectivity index (χ0n) is 9.60.